The molecule has 0 fully saturated rings. The van der Waals surface area contributed by atoms with Gasteiger partial charge in [0.15, 0.2) is 0 Å². The molecule has 15 heavy (non-hydrogen) atoms. The van der Waals surface area contributed by atoms with Gasteiger partial charge in [0, 0.05) is 5.39 Å². The van der Waals surface area contributed by atoms with Crippen molar-refractivity contribution in [2.24, 2.45) is 0 Å². The van der Waals surface area contributed by atoms with E-state index in [-0.39, 0.29) is 0 Å². The molecule has 0 spiro atoms. The Balaban J connectivity index is 2.71. The molecular formula is C13H14O2. The molecule has 2 nitrogen and oxygen atoms in total. The summed E-state index contributed by atoms with van der Waals surface area (Å²) in [6, 6.07) is 11.9. The zero-order valence-corrected chi connectivity index (χ0v) is 8.90. The number of hydrogen-bond acceptors (Lipinski definition) is 2. The molecular weight excluding hydrogens is 188 g/mol. The molecule has 0 amide bonds. The Morgan fingerprint density at radius 2 is 1.93 bits per heavy atom. The lowest BCUT2D eigenvalue weighted by atomic mass is 10.0. The minimum Gasteiger partial charge on any atom is -0.496 e. The molecule has 0 saturated heterocycles. The number of methoxy groups -OCH3 is 1. The molecule has 0 radical (unpaired) electrons. The third-order valence-electron chi connectivity index (χ3n) is 2.55. The minimum absolute atomic E-state index is 0.469. The molecule has 0 saturated carbocycles. The standard InChI is InChI=1S/C13H14O2/c1-9(14)11-7-10-5-3-4-6-12(10)13(8-11)15-2/h3-9,14H,1-2H3/t9-/m0/s1. The molecule has 0 aliphatic carbocycles. The van der Waals surface area contributed by atoms with Crippen molar-refractivity contribution in [2.45, 2.75) is 13.0 Å². The average molecular weight is 202 g/mol. The van der Waals surface area contributed by atoms with Crippen LogP contribution in [0.1, 0.15) is 18.6 Å². The Morgan fingerprint density at radius 1 is 1.20 bits per heavy atom. The van der Waals surface area contributed by atoms with Crippen LogP contribution >= 0.6 is 0 Å². The van der Waals surface area contributed by atoms with Crippen molar-refractivity contribution >= 4 is 10.8 Å². The molecule has 1 atom stereocenters. The molecule has 0 aliphatic heterocycles. The highest BCUT2D eigenvalue weighted by atomic mass is 16.5. The van der Waals surface area contributed by atoms with Gasteiger partial charge in [-0.15, -0.1) is 0 Å². The first-order valence-corrected chi connectivity index (χ1v) is 4.97. The van der Waals surface area contributed by atoms with Crippen molar-refractivity contribution < 1.29 is 9.84 Å². The van der Waals surface area contributed by atoms with Crippen molar-refractivity contribution in [3.05, 3.63) is 42.0 Å². The van der Waals surface area contributed by atoms with E-state index in [1.165, 1.54) is 0 Å². The lowest BCUT2D eigenvalue weighted by molar-refractivity contribution is 0.199. The van der Waals surface area contributed by atoms with Crippen molar-refractivity contribution in [1.29, 1.82) is 0 Å². The molecule has 78 valence electrons. The van der Waals surface area contributed by atoms with Crippen LogP contribution in [0.5, 0.6) is 5.75 Å². The molecule has 1 N–H and O–H groups in total. The summed E-state index contributed by atoms with van der Waals surface area (Å²) in [6.07, 6.45) is -0.469. The lowest BCUT2D eigenvalue weighted by Gasteiger charge is -2.10. The first-order chi connectivity index (χ1) is 7.22. The van der Waals surface area contributed by atoms with Crippen LogP contribution in [0.2, 0.25) is 0 Å². The number of hydrogen-bond donors (Lipinski definition) is 1. The fourth-order valence-electron chi connectivity index (χ4n) is 1.71. The second-order valence-corrected chi connectivity index (χ2v) is 3.62. The van der Waals surface area contributed by atoms with Gasteiger partial charge in [0.2, 0.25) is 0 Å². The zero-order valence-electron chi connectivity index (χ0n) is 8.90. The van der Waals surface area contributed by atoms with Gasteiger partial charge < -0.3 is 9.84 Å². The molecule has 0 heterocycles. The number of rotatable bonds is 2. The Kier molecular flexibility index (Phi) is 2.60. The van der Waals surface area contributed by atoms with Crippen LogP contribution in [0, 0.1) is 0 Å². The summed E-state index contributed by atoms with van der Waals surface area (Å²) in [6.45, 7) is 1.75. The molecule has 0 aliphatic rings. The highest BCUT2D eigenvalue weighted by Crippen LogP contribution is 2.29. The van der Waals surface area contributed by atoms with E-state index < -0.39 is 6.10 Å². The Bertz CT molecular complexity index is 475. The van der Waals surface area contributed by atoms with E-state index in [1.807, 2.05) is 36.4 Å². The smallest absolute Gasteiger partial charge is 0.127 e. The van der Waals surface area contributed by atoms with E-state index in [0.717, 1.165) is 22.1 Å². The fraction of sp³-hybridized carbons (Fsp3) is 0.231. The maximum atomic E-state index is 9.55. The summed E-state index contributed by atoms with van der Waals surface area (Å²) in [4.78, 5) is 0. The summed E-state index contributed by atoms with van der Waals surface area (Å²) in [7, 11) is 1.65. The maximum Gasteiger partial charge on any atom is 0.127 e. The number of benzene rings is 2. The van der Waals surface area contributed by atoms with Gasteiger partial charge in [-0.05, 0) is 30.0 Å². The van der Waals surface area contributed by atoms with E-state index in [0.29, 0.717) is 0 Å². The van der Waals surface area contributed by atoms with Crippen LogP contribution in [-0.2, 0) is 0 Å². The summed E-state index contributed by atoms with van der Waals surface area (Å²) >= 11 is 0. The molecule has 2 aromatic carbocycles. The first-order valence-electron chi connectivity index (χ1n) is 4.97. The summed E-state index contributed by atoms with van der Waals surface area (Å²) in [5, 5.41) is 11.7. The normalized spacial score (nSPS) is 12.7. The van der Waals surface area contributed by atoms with Crippen LogP contribution in [0.25, 0.3) is 10.8 Å². The van der Waals surface area contributed by atoms with Gasteiger partial charge in [-0.3, -0.25) is 0 Å². The van der Waals surface area contributed by atoms with E-state index >= 15 is 0 Å². The van der Waals surface area contributed by atoms with E-state index in [9.17, 15) is 5.11 Å². The minimum atomic E-state index is -0.469. The molecule has 2 rings (SSSR count). The summed E-state index contributed by atoms with van der Waals surface area (Å²) < 4.78 is 5.31. The lowest BCUT2D eigenvalue weighted by Crippen LogP contribution is -1.93. The van der Waals surface area contributed by atoms with Crippen molar-refractivity contribution in [3.8, 4) is 5.75 Å². The van der Waals surface area contributed by atoms with Crippen LogP contribution in [0.4, 0.5) is 0 Å². The Morgan fingerprint density at radius 3 is 2.60 bits per heavy atom. The van der Waals surface area contributed by atoms with Crippen molar-refractivity contribution in [2.75, 3.05) is 7.11 Å². The first kappa shape index (κ1) is 9.99. The van der Waals surface area contributed by atoms with Crippen LogP contribution < -0.4 is 4.74 Å². The zero-order chi connectivity index (χ0) is 10.8. The Hall–Kier alpha value is -1.54. The van der Waals surface area contributed by atoms with Crippen molar-refractivity contribution in [1.82, 2.24) is 0 Å². The third kappa shape index (κ3) is 1.81. The SMILES string of the molecule is COc1cc([C@H](C)O)cc2ccccc12. The summed E-state index contributed by atoms with van der Waals surface area (Å²) in [5.74, 6) is 0.809. The van der Waals surface area contributed by atoms with Gasteiger partial charge in [-0.2, -0.15) is 0 Å². The topological polar surface area (TPSA) is 29.5 Å². The molecule has 2 heteroatoms. The van der Waals surface area contributed by atoms with Crippen LogP contribution in [0.3, 0.4) is 0 Å². The van der Waals surface area contributed by atoms with Gasteiger partial charge in [-0.25, -0.2) is 0 Å². The second-order valence-electron chi connectivity index (χ2n) is 3.62. The van der Waals surface area contributed by atoms with Crippen LogP contribution in [0.15, 0.2) is 36.4 Å². The Labute approximate surface area is 89.1 Å². The molecule has 2 aromatic rings. The van der Waals surface area contributed by atoms with Crippen molar-refractivity contribution in [3.63, 3.8) is 0 Å². The number of fused-ring (bicyclic) bond motifs is 1. The third-order valence-corrected chi connectivity index (χ3v) is 2.55. The number of ether oxygens (including phenoxy) is 1. The van der Waals surface area contributed by atoms with Gasteiger partial charge in [0.25, 0.3) is 0 Å². The predicted molar refractivity (Wildman–Crippen MR) is 61.1 cm³/mol. The van der Waals surface area contributed by atoms with Crippen LogP contribution in [-0.4, -0.2) is 12.2 Å². The monoisotopic (exact) mass is 202 g/mol. The highest BCUT2D eigenvalue weighted by Gasteiger charge is 2.07. The quantitative estimate of drug-likeness (QED) is 0.811. The maximum absolute atomic E-state index is 9.55. The number of aliphatic hydroxyl groups is 1. The molecule has 0 aromatic heterocycles. The average Bonchev–Trinajstić information content (AvgIpc) is 2.27. The number of aliphatic hydroxyl groups excluding tert-OH is 1. The van der Waals surface area contributed by atoms with Gasteiger partial charge in [-0.1, -0.05) is 24.3 Å². The van der Waals surface area contributed by atoms with E-state index in [2.05, 4.69) is 0 Å². The van der Waals surface area contributed by atoms with Gasteiger partial charge in [0.1, 0.15) is 5.75 Å². The van der Waals surface area contributed by atoms with Gasteiger partial charge >= 0.3 is 0 Å². The molecule has 0 bridgehead atoms. The largest absolute Gasteiger partial charge is 0.496 e. The van der Waals surface area contributed by atoms with Gasteiger partial charge in [0.05, 0.1) is 13.2 Å². The second kappa shape index (κ2) is 3.91. The molecule has 0 unspecified atom stereocenters. The predicted octanol–water partition coefficient (Wildman–Crippen LogP) is 2.90. The van der Waals surface area contributed by atoms with E-state index in [1.54, 1.807) is 14.0 Å². The fourth-order valence-corrected chi connectivity index (χ4v) is 1.71. The highest BCUT2D eigenvalue weighted by molar-refractivity contribution is 5.89. The summed E-state index contributed by atoms with van der Waals surface area (Å²) in [5.41, 5.74) is 0.880. The van der Waals surface area contributed by atoms with E-state index in [4.69, 9.17) is 4.74 Å².